The highest BCUT2D eigenvalue weighted by molar-refractivity contribution is 7.91. The van der Waals surface area contributed by atoms with Crippen molar-refractivity contribution >= 4 is 48.2 Å². The molecule has 2 heterocycles. The van der Waals surface area contributed by atoms with Gasteiger partial charge in [-0.15, -0.1) is 0 Å². The summed E-state index contributed by atoms with van der Waals surface area (Å²) in [5.41, 5.74) is -0.626. The predicted octanol–water partition coefficient (Wildman–Crippen LogP) is 8.11. The van der Waals surface area contributed by atoms with Crippen molar-refractivity contribution in [1.82, 2.24) is 0 Å². The maximum atomic E-state index is 15.2. The topological polar surface area (TPSA) is 117 Å². The number of rotatable bonds is 14. The Bertz CT molecular complexity index is 2370. The number of benzene rings is 4. The summed E-state index contributed by atoms with van der Waals surface area (Å²) in [5, 5.41) is 0. The Morgan fingerprint density at radius 2 is 0.823 bits per heavy atom. The van der Waals surface area contributed by atoms with Crippen LogP contribution < -0.4 is 29.1 Å². The average molecular weight is 911 g/mol. The van der Waals surface area contributed by atoms with Crippen LogP contribution in [0.3, 0.4) is 0 Å². The third-order valence-corrected chi connectivity index (χ3v) is 12.7. The number of ether oxygens (including phenoxy) is 2. The van der Waals surface area contributed by atoms with Gasteiger partial charge in [0.1, 0.15) is 11.6 Å². The van der Waals surface area contributed by atoms with Crippen LogP contribution in [-0.2, 0) is 19.7 Å². The largest absolute Gasteiger partial charge is 0.488 e. The number of nitrogens with zero attached hydrogens (tertiary/aromatic N) is 4. The van der Waals surface area contributed by atoms with E-state index in [-0.39, 0.29) is 108 Å². The lowest BCUT2D eigenvalue weighted by Crippen LogP contribution is -2.47. The highest BCUT2D eigenvalue weighted by atomic mass is 32.2. The highest BCUT2D eigenvalue weighted by Gasteiger charge is 2.33. The fraction of sp³-hybridized carbons (Fsp3) is 0.419. The first-order valence-electron chi connectivity index (χ1n) is 19.8. The maximum absolute atomic E-state index is 15.2. The third kappa shape index (κ3) is 10.2. The number of halogens is 6. The van der Waals surface area contributed by atoms with Gasteiger partial charge in [0.25, 0.3) is 12.9 Å². The van der Waals surface area contributed by atoms with Crippen molar-refractivity contribution in [3.63, 3.8) is 0 Å². The van der Waals surface area contributed by atoms with Gasteiger partial charge in [-0.05, 0) is 76.2 Å². The van der Waals surface area contributed by atoms with Gasteiger partial charge in [-0.25, -0.2) is 43.2 Å². The summed E-state index contributed by atoms with van der Waals surface area (Å²) >= 11 is 0. The van der Waals surface area contributed by atoms with Gasteiger partial charge in [-0.3, -0.25) is 4.79 Å². The van der Waals surface area contributed by atoms with E-state index in [1.54, 1.807) is 47.3 Å². The fourth-order valence-corrected chi connectivity index (χ4v) is 8.80. The minimum atomic E-state index is -4.00. The first-order chi connectivity index (χ1) is 29.0. The molecule has 2 saturated heterocycles. The molecule has 0 spiro atoms. The fourth-order valence-electron chi connectivity index (χ4n) is 7.48. The predicted molar refractivity (Wildman–Crippen MR) is 226 cm³/mol. The van der Waals surface area contributed by atoms with Gasteiger partial charge in [0.2, 0.25) is 5.78 Å². The van der Waals surface area contributed by atoms with Crippen molar-refractivity contribution in [2.45, 2.75) is 62.5 Å². The van der Waals surface area contributed by atoms with Gasteiger partial charge in [0, 0.05) is 76.0 Å². The minimum Gasteiger partial charge on any atom is -0.488 e. The Labute approximate surface area is 357 Å². The third-order valence-electron chi connectivity index (χ3n) is 10.5. The van der Waals surface area contributed by atoms with Crippen molar-refractivity contribution in [3.05, 3.63) is 94.6 Å². The summed E-state index contributed by atoms with van der Waals surface area (Å²) in [4.78, 5) is 21.6. The highest BCUT2D eigenvalue weighted by Crippen LogP contribution is 2.43. The lowest BCUT2D eigenvalue weighted by atomic mass is 9.98. The standard InChI is InChI=1S/C43H48F6N4O7S2/c1-25(2)59-40-31(21-29(61(5,55)56)23-37(40)52-15-11-50(12-16-52)35-9-7-27(42(46)47)19-33(35)44)39(54)32-22-30(62(6,57)58)24-38(41(32)60-26(3)4)53-17-13-51(14-18-53)36-10-8-28(43(48)49)20-34(36)45/h7-10,19-26,42-43H,11-18H2,1-6H3. The van der Waals surface area contributed by atoms with E-state index in [2.05, 4.69) is 0 Å². The SMILES string of the molecule is CC(C)Oc1c(C(=O)c2cc(S(C)(=O)=O)cc(N3CCN(c4ccc(C(F)F)cc4F)CC3)c2OC(C)C)cc(S(C)(=O)=O)cc1N1CCN(c2ccc(C(F)F)cc2F)CC1. The Hall–Kier alpha value is -5.17. The van der Waals surface area contributed by atoms with Crippen molar-refractivity contribution < 1.29 is 57.4 Å². The molecule has 62 heavy (non-hydrogen) atoms. The summed E-state index contributed by atoms with van der Waals surface area (Å²) in [5.74, 6) is -2.43. The lowest BCUT2D eigenvalue weighted by molar-refractivity contribution is 0.102. The molecule has 11 nitrogen and oxygen atoms in total. The first kappa shape index (κ1) is 46.3. The van der Waals surface area contributed by atoms with Crippen molar-refractivity contribution in [3.8, 4) is 11.5 Å². The number of piperazine rings is 2. The maximum Gasteiger partial charge on any atom is 0.263 e. The van der Waals surface area contributed by atoms with Crippen LogP contribution in [0, 0.1) is 11.6 Å². The monoisotopic (exact) mass is 910 g/mol. The van der Waals surface area contributed by atoms with Gasteiger partial charge in [0.15, 0.2) is 31.2 Å². The second-order valence-corrected chi connectivity index (χ2v) is 19.8. The molecule has 2 aliphatic heterocycles. The molecule has 2 fully saturated rings. The molecule has 0 atom stereocenters. The summed E-state index contributed by atoms with van der Waals surface area (Å²) in [6.07, 6.45) is -4.85. The number of carbonyl (C=O) groups is 1. The molecule has 0 amide bonds. The molecule has 0 radical (unpaired) electrons. The molecule has 0 N–H and O–H groups in total. The van der Waals surface area contributed by atoms with E-state index in [1.807, 2.05) is 0 Å². The molecule has 6 rings (SSSR count). The zero-order valence-electron chi connectivity index (χ0n) is 35.0. The first-order valence-corrected chi connectivity index (χ1v) is 23.6. The second-order valence-electron chi connectivity index (χ2n) is 15.8. The Morgan fingerprint density at radius 1 is 0.516 bits per heavy atom. The number of anilines is 4. The summed E-state index contributed by atoms with van der Waals surface area (Å²) in [6.45, 7) is 8.27. The van der Waals surface area contributed by atoms with Crippen LogP contribution in [-0.4, -0.2) is 99.7 Å². The van der Waals surface area contributed by atoms with Crippen molar-refractivity contribution in [1.29, 1.82) is 0 Å². The van der Waals surface area contributed by atoms with Crippen LogP contribution in [0.25, 0.3) is 0 Å². The molecule has 0 aromatic heterocycles. The molecule has 0 aliphatic carbocycles. The molecule has 2 aliphatic rings. The molecule has 4 aromatic rings. The van der Waals surface area contributed by atoms with Crippen LogP contribution in [0.4, 0.5) is 49.1 Å². The Balaban J connectivity index is 1.43. The zero-order chi connectivity index (χ0) is 45.4. The van der Waals surface area contributed by atoms with E-state index in [1.165, 1.54) is 36.4 Å². The molecule has 0 unspecified atom stereocenters. The smallest absolute Gasteiger partial charge is 0.263 e. The summed E-state index contributed by atoms with van der Waals surface area (Å²) in [6, 6.07) is 11.6. The van der Waals surface area contributed by atoms with Crippen molar-refractivity contribution in [2.75, 3.05) is 84.5 Å². The normalized spacial score (nSPS) is 15.4. The summed E-state index contributed by atoms with van der Waals surface area (Å²) < 4.78 is 149. The number of carbonyl (C=O) groups excluding carboxylic acids is 1. The molecule has 4 aromatic carbocycles. The van der Waals surface area contributed by atoms with Crippen LogP contribution in [0.5, 0.6) is 11.5 Å². The van der Waals surface area contributed by atoms with Gasteiger partial charge in [-0.2, -0.15) is 0 Å². The van der Waals surface area contributed by atoms with Crippen molar-refractivity contribution in [2.24, 2.45) is 0 Å². The van der Waals surface area contributed by atoms with E-state index in [9.17, 15) is 34.4 Å². The minimum absolute atomic E-state index is 0.00798. The number of hydrogen-bond donors (Lipinski definition) is 0. The molecule has 0 bridgehead atoms. The molecular weight excluding hydrogens is 863 g/mol. The van der Waals surface area contributed by atoms with Gasteiger partial charge < -0.3 is 29.1 Å². The van der Waals surface area contributed by atoms with E-state index < -0.39 is 73.3 Å². The molecule has 19 heteroatoms. The lowest BCUT2D eigenvalue weighted by Gasteiger charge is -2.39. The van der Waals surface area contributed by atoms with E-state index >= 15 is 13.6 Å². The average Bonchev–Trinajstić information content (AvgIpc) is 3.19. The number of sulfone groups is 2. The molecule has 336 valence electrons. The Morgan fingerprint density at radius 3 is 1.08 bits per heavy atom. The number of hydrogen-bond acceptors (Lipinski definition) is 11. The van der Waals surface area contributed by atoms with Crippen LogP contribution in [0.2, 0.25) is 0 Å². The van der Waals surface area contributed by atoms with Crippen LogP contribution in [0.1, 0.15) is 67.6 Å². The summed E-state index contributed by atoms with van der Waals surface area (Å²) in [7, 11) is -8.00. The van der Waals surface area contributed by atoms with Gasteiger partial charge in [0.05, 0.1) is 55.9 Å². The molecular formula is C43H48F6N4O7S2. The molecule has 0 saturated carbocycles. The van der Waals surface area contributed by atoms with E-state index in [0.29, 0.717) is 0 Å². The quantitative estimate of drug-likeness (QED) is 0.0903. The van der Waals surface area contributed by atoms with Gasteiger partial charge >= 0.3 is 0 Å². The van der Waals surface area contributed by atoms with Crippen LogP contribution >= 0.6 is 0 Å². The van der Waals surface area contributed by atoms with Crippen LogP contribution in [0.15, 0.2) is 70.5 Å². The number of ketones is 1. The van der Waals surface area contributed by atoms with E-state index in [4.69, 9.17) is 9.47 Å². The second kappa shape index (κ2) is 18.3. The van der Waals surface area contributed by atoms with E-state index in [0.717, 1.165) is 36.8 Å². The Kier molecular flexibility index (Phi) is 13.7. The van der Waals surface area contributed by atoms with Gasteiger partial charge in [-0.1, -0.05) is 12.1 Å². The zero-order valence-corrected chi connectivity index (χ0v) is 36.6. The number of alkyl halides is 4.